The lowest BCUT2D eigenvalue weighted by atomic mass is 10.2. The van der Waals surface area contributed by atoms with E-state index in [0.29, 0.717) is 17.9 Å². The van der Waals surface area contributed by atoms with E-state index in [2.05, 4.69) is 0 Å². The third kappa shape index (κ3) is 6.79. The maximum atomic E-state index is 11.5. The van der Waals surface area contributed by atoms with Crippen LogP contribution in [-0.2, 0) is 16.1 Å². The number of aliphatic hydroxyl groups excluding tert-OH is 2. The maximum absolute atomic E-state index is 11.5. The summed E-state index contributed by atoms with van der Waals surface area (Å²) in [4.78, 5) is 11.5. The first-order chi connectivity index (χ1) is 9.65. The highest BCUT2D eigenvalue weighted by Gasteiger charge is 2.06. The molecule has 1 rings (SSSR count). The molecule has 1 atom stereocenters. The van der Waals surface area contributed by atoms with Gasteiger partial charge in [0, 0.05) is 11.5 Å². The van der Waals surface area contributed by atoms with Crippen LogP contribution in [0.5, 0.6) is 5.75 Å². The predicted molar refractivity (Wildman–Crippen MR) is 77.8 cm³/mol. The van der Waals surface area contributed by atoms with Crippen LogP contribution in [0.3, 0.4) is 0 Å². The zero-order valence-corrected chi connectivity index (χ0v) is 12.3. The molecule has 0 aliphatic rings. The summed E-state index contributed by atoms with van der Waals surface area (Å²) >= 11 is 1.41. The minimum atomic E-state index is -0.727. The normalized spacial score (nSPS) is 11.9. The van der Waals surface area contributed by atoms with Gasteiger partial charge in [0.05, 0.1) is 26.2 Å². The van der Waals surface area contributed by atoms with Gasteiger partial charge in [0.25, 0.3) is 0 Å². The summed E-state index contributed by atoms with van der Waals surface area (Å²) in [7, 11) is 1.60. The Kier molecular flexibility index (Phi) is 8.10. The smallest absolute Gasteiger partial charge is 0.306 e. The summed E-state index contributed by atoms with van der Waals surface area (Å²) in [6.45, 7) is -0.0122. The molecule has 0 aliphatic heterocycles. The summed E-state index contributed by atoms with van der Waals surface area (Å²) in [5, 5.41) is 17.7. The van der Waals surface area contributed by atoms with E-state index >= 15 is 0 Å². The van der Waals surface area contributed by atoms with Gasteiger partial charge in [-0.2, -0.15) is 11.8 Å². The molecular weight excluding hydrogens is 280 g/mol. The Morgan fingerprint density at radius 3 is 2.65 bits per heavy atom. The maximum Gasteiger partial charge on any atom is 0.306 e. The first-order valence-electron chi connectivity index (χ1n) is 6.31. The zero-order chi connectivity index (χ0) is 14.8. The second kappa shape index (κ2) is 9.63. The van der Waals surface area contributed by atoms with Crippen molar-refractivity contribution >= 4 is 17.7 Å². The van der Waals surface area contributed by atoms with Gasteiger partial charge in [-0.25, -0.2) is 0 Å². The van der Waals surface area contributed by atoms with Gasteiger partial charge in [0.1, 0.15) is 12.4 Å². The first-order valence-corrected chi connectivity index (χ1v) is 7.46. The van der Waals surface area contributed by atoms with Gasteiger partial charge in [-0.05, 0) is 17.7 Å². The van der Waals surface area contributed by atoms with Crippen molar-refractivity contribution in [3.8, 4) is 5.75 Å². The molecule has 5 nitrogen and oxygen atoms in total. The van der Waals surface area contributed by atoms with Crippen molar-refractivity contribution < 1.29 is 24.5 Å². The summed E-state index contributed by atoms with van der Waals surface area (Å²) in [5.74, 6) is 1.48. The second-order valence-electron chi connectivity index (χ2n) is 4.17. The molecule has 0 fully saturated rings. The molecule has 0 radical (unpaired) electrons. The van der Waals surface area contributed by atoms with Crippen molar-refractivity contribution in [1.29, 1.82) is 0 Å². The van der Waals surface area contributed by atoms with Crippen LogP contribution in [0.1, 0.15) is 12.0 Å². The van der Waals surface area contributed by atoms with E-state index in [4.69, 9.17) is 19.7 Å². The first kappa shape index (κ1) is 16.8. The summed E-state index contributed by atoms with van der Waals surface area (Å²) in [6.07, 6.45) is -0.436. The van der Waals surface area contributed by atoms with Gasteiger partial charge >= 0.3 is 5.97 Å². The Hall–Kier alpha value is -1.24. The van der Waals surface area contributed by atoms with E-state index in [9.17, 15) is 4.79 Å². The van der Waals surface area contributed by atoms with Crippen LogP contribution in [0.25, 0.3) is 0 Å². The lowest BCUT2D eigenvalue weighted by Crippen LogP contribution is -2.15. The van der Waals surface area contributed by atoms with E-state index in [0.717, 1.165) is 11.3 Å². The second-order valence-corrected chi connectivity index (χ2v) is 5.32. The number of thioether (sulfide) groups is 1. The van der Waals surface area contributed by atoms with Gasteiger partial charge < -0.3 is 19.7 Å². The standard InChI is InChI=1S/C14H20O5S/c1-18-13-4-2-11(3-5-13)9-19-14(17)6-7-20-10-12(16)8-15/h2-5,12,15-16H,6-10H2,1H3. The van der Waals surface area contributed by atoms with Crippen molar-refractivity contribution in [3.05, 3.63) is 29.8 Å². The summed E-state index contributed by atoms with van der Waals surface area (Å²) in [6, 6.07) is 7.32. The van der Waals surface area contributed by atoms with Crippen molar-refractivity contribution in [1.82, 2.24) is 0 Å². The van der Waals surface area contributed by atoms with Gasteiger partial charge in [-0.3, -0.25) is 4.79 Å². The van der Waals surface area contributed by atoms with Crippen LogP contribution in [0.4, 0.5) is 0 Å². The minimum Gasteiger partial charge on any atom is -0.497 e. The van der Waals surface area contributed by atoms with Gasteiger partial charge in [0.2, 0.25) is 0 Å². The molecule has 6 heteroatoms. The number of carbonyl (C=O) groups is 1. The number of methoxy groups -OCH3 is 1. The van der Waals surface area contributed by atoms with Gasteiger partial charge in [-0.15, -0.1) is 0 Å². The molecule has 2 N–H and O–H groups in total. The van der Waals surface area contributed by atoms with Crippen LogP contribution < -0.4 is 4.74 Å². The highest BCUT2D eigenvalue weighted by Crippen LogP contribution is 2.12. The van der Waals surface area contributed by atoms with E-state index in [1.54, 1.807) is 7.11 Å². The molecule has 0 spiro atoms. The topological polar surface area (TPSA) is 76.0 Å². The molecule has 0 aliphatic carbocycles. The number of hydrogen-bond acceptors (Lipinski definition) is 6. The fourth-order valence-corrected chi connectivity index (χ4v) is 2.24. The SMILES string of the molecule is COc1ccc(COC(=O)CCSCC(O)CO)cc1. The highest BCUT2D eigenvalue weighted by atomic mass is 32.2. The molecule has 20 heavy (non-hydrogen) atoms. The summed E-state index contributed by atoms with van der Waals surface area (Å²) < 4.78 is 10.2. The molecule has 112 valence electrons. The van der Waals surface area contributed by atoms with Gasteiger partial charge in [-0.1, -0.05) is 12.1 Å². The molecule has 1 unspecified atom stereocenters. The Bertz CT molecular complexity index is 393. The lowest BCUT2D eigenvalue weighted by Gasteiger charge is -2.07. The van der Waals surface area contributed by atoms with E-state index in [1.165, 1.54) is 11.8 Å². The zero-order valence-electron chi connectivity index (χ0n) is 11.4. The quantitative estimate of drug-likeness (QED) is 0.527. The minimum absolute atomic E-state index is 0.243. The van der Waals surface area contributed by atoms with Crippen molar-refractivity contribution in [2.45, 2.75) is 19.1 Å². The largest absolute Gasteiger partial charge is 0.497 e. The number of ether oxygens (including phenoxy) is 2. The van der Waals surface area contributed by atoms with Crippen molar-refractivity contribution in [2.24, 2.45) is 0 Å². The molecule has 1 aromatic carbocycles. The Labute approximate surface area is 122 Å². The number of esters is 1. The number of rotatable bonds is 9. The fraction of sp³-hybridized carbons (Fsp3) is 0.500. The number of aliphatic hydroxyl groups is 2. The number of carbonyl (C=O) groups excluding carboxylic acids is 1. The fourth-order valence-electron chi connectivity index (χ4n) is 1.39. The molecule has 1 aromatic rings. The lowest BCUT2D eigenvalue weighted by molar-refractivity contribution is -0.144. The van der Waals surface area contributed by atoms with Crippen LogP contribution >= 0.6 is 11.8 Å². The number of benzene rings is 1. The van der Waals surface area contributed by atoms with E-state index < -0.39 is 6.10 Å². The average molecular weight is 300 g/mol. The molecule has 0 amide bonds. The molecule has 0 heterocycles. The highest BCUT2D eigenvalue weighted by molar-refractivity contribution is 7.99. The van der Waals surface area contributed by atoms with Gasteiger partial charge in [0.15, 0.2) is 0 Å². The predicted octanol–water partition coefficient (Wildman–Crippen LogP) is 1.21. The van der Waals surface area contributed by atoms with Crippen LogP contribution in [0.2, 0.25) is 0 Å². The van der Waals surface area contributed by atoms with Crippen LogP contribution in [-0.4, -0.2) is 47.5 Å². The van der Waals surface area contributed by atoms with E-state index in [1.807, 2.05) is 24.3 Å². The van der Waals surface area contributed by atoms with E-state index in [-0.39, 0.29) is 19.2 Å². The molecular formula is C14H20O5S. The Balaban J connectivity index is 2.16. The van der Waals surface area contributed by atoms with Crippen LogP contribution in [0, 0.1) is 0 Å². The Morgan fingerprint density at radius 2 is 2.05 bits per heavy atom. The van der Waals surface area contributed by atoms with Crippen molar-refractivity contribution in [2.75, 3.05) is 25.2 Å². The molecule has 0 saturated carbocycles. The third-order valence-corrected chi connectivity index (χ3v) is 3.64. The monoisotopic (exact) mass is 300 g/mol. The number of hydrogen-bond donors (Lipinski definition) is 2. The van der Waals surface area contributed by atoms with Crippen LogP contribution in [0.15, 0.2) is 24.3 Å². The average Bonchev–Trinajstić information content (AvgIpc) is 2.49. The molecule has 0 aromatic heterocycles. The molecule has 0 bridgehead atoms. The summed E-state index contributed by atoms with van der Waals surface area (Å²) in [5.41, 5.74) is 0.905. The molecule has 0 saturated heterocycles. The van der Waals surface area contributed by atoms with Crippen molar-refractivity contribution in [3.63, 3.8) is 0 Å². The third-order valence-electron chi connectivity index (χ3n) is 2.53. The Morgan fingerprint density at radius 1 is 1.35 bits per heavy atom.